The van der Waals surface area contributed by atoms with Gasteiger partial charge in [-0.05, 0) is 0 Å². The van der Waals surface area contributed by atoms with Crippen molar-refractivity contribution in [3.63, 3.8) is 0 Å². The van der Waals surface area contributed by atoms with Gasteiger partial charge in [0.25, 0.3) is 0 Å². The first kappa shape index (κ1) is 5.24. The summed E-state index contributed by atoms with van der Waals surface area (Å²) in [5.41, 5.74) is 1.45. The molecule has 8 heavy (non-hydrogen) atoms. The first-order valence-electron chi connectivity index (χ1n) is 1.90. The van der Waals surface area contributed by atoms with Gasteiger partial charge in [0, 0.05) is 6.20 Å². The van der Waals surface area contributed by atoms with E-state index in [9.17, 15) is 9.90 Å². The minimum absolute atomic E-state index is 0.171. The highest BCUT2D eigenvalue weighted by molar-refractivity contribution is 7.11. The van der Waals surface area contributed by atoms with Crippen molar-refractivity contribution in [2.75, 3.05) is 0 Å². The summed E-state index contributed by atoms with van der Waals surface area (Å²) in [6.45, 7) is 0. The third kappa shape index (κ3) is 0.840. The number of rotatable bonds is 1. The van der Waals surface area contributed by atoms with Crippen LogP contribution in [0.4, 0.5) is 0 Å². The number of aromatic nitrogens is 1. The predicted molar refractivity (Wildman–Crippen MR) is 26.4 cm³/mol. The molecular weight excluding hydrogens is 126 g/mol. The van der Waals surface area contributed by atoms with Crippen molar-refractivity contribution in [2.24, 2.45) is 0 Å². The predicted octanol–water partition coefficient (Wildman–Crippen LogP) is -0.493. The maximum absolute atomic E-state index is 9.92. The van der Waals surface area contributed by atoms with Crippen molar-refractivity contribution >= 4 is 17.3 Å². The van der Waals surface area contributed by atoms with Crippen LogP contribution in [0.3, 0.4) is 0 Å². The topological polar surface area (TPSA) is 53.0 Å². The van der Waals surface area contributed by atoms with Crippen LogP contribution in [0.15, 0.2) is 11.7 Å². The first-order valence-corrected chi connectivity index (χ1v) is 2.78. The van der Waals surface area contributed by atoms with E-state index in [2.05, 4.69) is 4.98 Å². The average molecular weight is 128 g/mol. The normalized spacial score (nSPS) is 9.00. The Morgan fingerprint density at radius 3 is 2.88 bits per heavy atom. The molecule has 1 heterocycles. The first-order chi connectivity index (χ1) is 3.80. The molecule has 0 atom stereocenters. The van der Waals surface area contributed by atoms with E-state index in [1.165, 1.54) is 11.7 Å². The number of carbonyl (C=O) groups is 1. The molecule has 3 nitrogen and oxygen atoms in total. The summed E-state index contributed by atoms with van der Waals surface area (Å²) in [6, 6.07) is 0. The maximum atomic E-state index is 9.92. The highest BCUT2D eigenvalue weighted by Crippen LogP contribution is 2.01. The van der Waals surface area contributed by atoms with Crippen molar-refractivity contribution < 1.29 is 9.90 Å². The van der Waals surface area contributed by atoms with Crippen LogP contribution in [-0.4, -0.2) is 11.0 Å². The number of hydrogen-bond acceptors (Lipinski definition) is 4. The van der Waals surface area contributed by atoms with Gasteiger partial charge < -0.3 is 9.90 Å². The van der Waals surface area contributed by atoms with Crippen LogP contribution >= 0.6 is 11.3 Å². The summed E-state index contributed by atoms with van der Waals surface area (Å²) in [4.78, 5) is 13.6. The molecule has 0 saturated heterocycles. The molecule has 1 aromatic heterocycles. The fourth-order valence-corrected chi connectivity index (χ4v) is 0.770. The van der Waals surface area contributed by atoms with Gasteiger partial charge in [-0.1, -0.05) is 0 Å². The SMILES string of the molecule is O=C([O-])c1cncs1. The lowest BCUT2D eigenvalue weighted by molar-refractivity contribution is -0.254. The average Bonchev–Trinajstić information content (AvgIpc) is 2.12. The van der Waals surface area contributed by atoms with Crippen molar-refractivity contribution in [2.45, 2.75) is 0 Å². The fourth-order valence-electron chi connectivity index (χ4n) is 0.317. The zero-order valence-corrected chi connectivity index (χ0v) is 4.64. The zero-order chi connectivity index (χ0) is 5.98. The Morgan fingerprint density at radius 1 is 1.88 bits per heavy atom. The third-order valence-electron chi connectivity index (χ3n) is 0.634. The van der Waals surface area contributed by atoms with E-state index in [1.54, 1.807) is 0 Å². The van der Waals surface area contributed by atoms with Crippen LogP contribution in [0.1, 0.15) is 9.67 Å². The molecule has 0 amide bonds. The van der Waals surface area contributed by atoms with Gasteiger partial charge in [-0.15, -0.1) is 11.3 Å². The van der Waals surface area contributed by atoms with Crippen LogP contribution < -0.4 is 5.11 Å². The van der Waals surface area contributed by atoms with E-state index in [0.717, 1.165) is 11.3 Å². The number of carbonyl (C=O) groups excluding carboxylic acids is 1. The van der Waals surface area contributed by atoms with Gasteiger partial charge >= 0.3 is 0 Å². The summed E-state index contributed by atoms with van der Waals surface area (Å²) in [5, 5.41) is 9.92. The summed E-state index contributed by atoms with van der Waals surface area (Å²) in [7, 11) is 0. The molecule has 0 bridgehead atoms. The van der Waals surface area contributed by atoms with Gasteiger partial charge in [0.2, 0.25) is 0 Å². The molecule has 0 saturated carbocycles. The van der Waals surface area contributed by atoms with Crippen molar-refractivity contribution in [1.82, 2.24) is 4.98 Å². The maximum Gasteiger partial charge on any atom is 0.0831 e. The second kappa shape index (κ2) is 1.92. The summed E-state index contributed by atoms with van der Waals surface area (Å²) in [6.07, 6.45) is 1.26. The Morgan fingerprint density at radius 2 is 2.62 bits per heavy atom. The molecule has 1 rings (SSSR count). The lowest BCUT2D eigenvalue weighted by Crippen LogP contribution is -2.20. The Hall–Kier alpha value is -0.900. The molecule has 4 heteroatoms. The molecule has 0 unspecified atom stereocenters. The van der Waals surface area contributed by atoms with E-state index in [-0.39, 0.29) is 4.88 Å². The summed E-state index contributed by atoms with van der Waals surface area (Å²) < 4.78 is 0. The molecule has 1 aromatic rings. The minimum atomic E-state index is -1.16. The smallest absolute Gasteiger partial charge is 0.0831 e. The second-order valence-corrected chi connectivity index (χ2v) is 2.04. The quantitative estimate of drug-likeness (QED) is 0.512. The van der Waals surface area contributed by atoms with Gasteiger partial charge in [0.1, 0.15) is 0 Å². The zero-order valence-electron chi connectivity index (χ0n) is 3.83. The molecule has 0 aliphatic heterocycles. The Kier molecular flexibility index (Phi) is 1.26. The number of aromatic carboxylic acids is 1. The summed E-state index contributed by atoms with van der Waals surface area (Å²) >= 11 is 1.06. The molecule has 0 aliphatic rings. The minimum Gasteiger partial charge on any atom is -0.544 e. The van der Waals surface area contributed by atoms with Gasteiger partial charge in [-0.2, -0.15) is 0 Å². The van der Waals surface area contributed by atoms with E-state index >= 15 is 0 Å². The molecular formula is C4H2NO2S-. The van der Waals surface area contributed by atoms with Gasteiger partial charge in [0.05, 0.1) is 16.4 Å². The van der Waals surface area contributed by atoms with Crippen LogP contribution in [0.2, 0.25) is 0 Å². The molecule has 0 fully saturated rings. The van der Waals surface area contributed by atoms with Crippen molar-refractivity contribution in [3.8, 4) is 0 Å². The van der Waals surface area contributed by atoms with Crippen LogP contribution in [0.5, 0.6) is 0 Å². The number of thiazole rings is 1. The number of hydrogen-bond donors (Lipinski definition) is 0. The van der Waals surface area contributed by atoms with Gasteiger partial charge in [-0.25, -0.2) is 0 Å². The summed E-state index contributed by atoms with van der Waals surface area (Å²) in [5.74, 6) is -1.16. The molecule has 0 N–H and O–H groups in total. The van der Waals surface area contributed by atoms with E-state index in [0.29, 0.717) is 0 Å². The highest BCUT2D eigenvalue weighted by Gasteiger charge is 1.90. The number of carboxylic acid groups (broad SMARTS) is 1. The Labute approximate surface area is 49.6 Å². The van der Waals surface area contributed by atoms with E-state index in [4.69, 9.17) is 0 Å². The molecule has 42 valence electrons. The number of carboxylic acids is 1. The highest BCUT2D eigenvalue weighted by atomic mass is 32.1. The van der Waals surface area contributed by atoms with Crippen molar-refractivity contribution in [1.29, 1.82) is 0 Å². The van der Waals surface area contributed by atoms with Crippen molar-refractivity contribution in [3.05, 3.63) is 16.6 Å². The molecule has 0 aromatic carbocycles. The van der Waals surface area contributed by atoms with E-state index in [1.807, 2.05) is 0 Å². The van der Waals surface area contributed by atoms with Gasteiger partial charge in [0.15, 0.2) is 0 Å². The molecule has 0 radical (unpaired) electrons. The monoisotopic (exact) mass is 128 g/mol. The second-order valence-electron chi connectivity index (χ2n) is 1.15. The lowest BCUT2D eigenvalue weighted by Gasteiger charge is -1.90. The standard InChI is InChI=1S/C4H3NO2S/c6-4(7)3-1-5-2-8-3/h1-2H,(H,6,7)/p-1. The Bertz CT molecular complexity index is 182. The third-order valence-corrected chi connectivity index (χ3v) is 1.39. The molecule has 0 spiro atoms. The van der Waals surface area contributed by atoms with Crippen LogP contribution in [-0.2, 0) is 0 Å². The fraction of sp³-hybridized carbons (Fsp3) is 0. The van der Waals surface area contributed by atoms with Gasteiger partial charge in [-0.3, -0.25) is 4.98 Å². The Balaban J connectivity index is 2.93. The van der Waals surface area contributed by atoms with Crippen LogP contribution in [0.25, 0.3) is 0 Å². The number of nitrogens with zero attached hydrogens (tertiary/aromatic N) is 1. The van der Waals surface area contributed by atoms with Crippen LogP contribution in [0, 0.1) is 0 Å². The molecule has 0 aliphatic carbocycles. The largest absolute Gasteiger partial charge is 0.544 e. The lowest BCUT2D eigenvalue weighted by atomic mass is 10.6. The van der Waals surface area contributed by atoms with E-state index < -0.39 is 5.97 Å².